The molecule has 0 aromatic heterocycles. The van der Waals surface area contributed by atoms with Crippen molar-refractivity contribution in [1.29, 1.82) is 0 Å². The molecule has 1 N–H and O–H groups in total. The van der Waals surface area contributed by atoms with Crippen LogP contribution >= 0.6 is 0 Å². The number of nitrogens with zero attached hydrogens (tertiary/aromatic N) is 2. The van der Waals surface area contributed by atoms with Crippen molar-refractivity contribution in [3.63, 3.8) is 0 Å². The highest BCUT2D eigenvalue weighted by Gasteiger charge is 2.18. The quantitative estimate of drug-likeness (QED) is 0.581. The number of amides is 1. The van der Waals surface area contributed by atoms with Crippen molar-refractivity contribution >= 4 is 17.3 Å². The molecule has 0 saturated heterocycles. The van der Waals surface area contributed by atoms with Crippen LogP contribution in [0.25, 0.3) is 0 Å². The first-order valence-electron chi connectivity index (χ1n) is 10.3. The molecule has 0 aliphatic carbocycles. The SMILES string of the molecule is CCNC(=O)c1ccc(C(c2ccc(N(C)C)cc2)c2ccc(N(C)C)cc2)cc1. The average Bonchev–Trinajstić information content (AvgIpc) is 2.75. The second kappa shape index (κ2) is 9.49. The van der Waals surface area contributed by atoms with Gasteiger partial charge in [-0.05, 0) is 60.0 Å². The van der Waals surface area contributed by atoms with Crippen LogP contribution < -0.4 is 15.1 Å². The largest absolute Gasteiger partial charge is 0.378 e. The van der Waals surface area contributed by atoms with Gasteiger partial charge in [0.1, 0.15) is 0 Å². The normalized spacial score (nSPS) is 10.7. The summed E-state index contributed by atoms with van der Waals surface area (Å²) in [6, 6.07) is 25.3. The lowest BCUT2D eigenvalue weighted by Crippen LogP contribution is -2.22. The summed E-state index contributed by atoms with van der Waals surface area (Å²) in [6.07, 6.45) is 0. The van der Waals surface area contributed by atoms with Crippen LogP contribution in [0.2, 0.25) is 0 Å². The van der Waals surface area contributed by atoms with E-state index in [1.807, 2.05) is 47.2 Å². The Labute approximate surface area is 180 Å². The predicted molar refractivity (Wildman–Crippen MR) is 127 cm³/mol. The molecule has 4 heteroatoms. The van der Waals surface area contributed by atoms with Crippen molar-refractivity contribution < 1.29 is 4.79 Å². The molecule has 0 aliphatic heterocycles. The van der Waals surface area contributed by atoms with Gasteiger partial charge in [0.25, 0.3) is 5.91 Å². The van der Waals surface area contributed by atoms with E-state index in [1.54, 1.807) is 0 Å². The fourth-order valence-corrected chi connectivity index (χ4v) is 3.60. The zero-order valence-electron chi connectivity index (χ0n) is 18.5. The van der Waals surface area contributed by atoms with Crippen molar-refractivity contribution in [2.24, 2.45) is 0 Å². The lowest BCUT2D eigenvalue weighted by molar-refractivity contribution is 0.0956. The van der Waals surface area contributed by atoms with E-state index in [-0.39, 0.29) is 11.8 Å². The van der Waals surface area contributed by atoms with Gasteiger partial charge in [0.05, 0.1) is 0 Å². The van der Waals surface area contributed by atoms with Crippen LogP contribution in [0.15, 0.2) is 72.8 Å². The van der Waals surface area contributed by atoms with E-state index in [1.165, 1.54) is 28.1 Å². The lowest BCUT2D eigenvalue weighted by atomic mass is 9.84. The molecule has 3 rings (SSSR count). The number of carbonyl (C=O) groups excluding carboxylic acids is 1. The molecule has 0 saturated carbocycles. The molecule has 0 heterocycles. The Balaban J connectivity index is 2.01. The summed E-state index contributed by atoms with van der Waals surface area (Å²) in [6.45, 7) is 2.55. The molecule has 30 heavy (non-hydrogen) atoms. The van der Waals surface area contributed by atoms with Gasteiger partial charge in [0.2, 0.25) is 0 Å². The molecule has 0 spiro atoms. The van der Waals surface area contributed by atoms with Crippen LogP contribution in [0, 0.1) is 0 Å². The van der Waals surface area contributed by atoms with Gasteiger partial charge in [-0.2, -0.15) is 0 Å². The number of hydrogen-bond acceptors (Lipinski definition) is 3. The van der Waals surface area contributed by atoms with E-state index in [0.29, 0.717) is 12.1 Å². The number of carbonyl (C=O) groups is 1. The molecule has 0 fully saturated rings. The van der Waals surface area contributed by atoms with Crippen LogP contribution in [-0.4, -0.2) is 40.6 Å². The Bertz CT molecular complexity index is 907. The first kappa shape index (κ1) is 21.4. The maximum Gasteiger partial charge on any atom is 0.251 e. The predicted octanol–water partition coefficient (Wildman–Crippen LogP) is 4.75. The second-order valence-corrected chi connectivity index (χ2v) is 7.89. The Hall–Kier alpha value is -3.27. The van der Waals surface area contributed by atoms with Crippen molar-refractivity contribution in [3.8, 4) is 0 Å². The van der Waals surface area contributed by atoms with Crippen molar-refractivity contribution in [2.45, 2.75) is 12.8 Å². The fraction of sp³-hybridized carbons (Fsp3) is 0.269. The molecular weight excluding hydrogens is 370 g/mol. The molecule has 4 nitrogen and oxygen atoms in total. The van der Waals surface area contributed by atoms with Gasteiger partial charge >= 0.3 is 0 Å². The number of anilines is 2. The molecule has 1 amide bonds. The minimum atomic E-state index is -0.0359. The highest BCUT2D eigenvalue weighted by Crippen LogP contribution is 2.34. The number of nitrogens with one attached hydrogen (secondary N) is 1. The maximum absolute atomic E-state index is 12.1. The third-order valence-corrected chi connectivity index (χ3v) is 5.33. The minimum Gasteiger partial charge on any atom is -0.378 e. The summed E-state index contributed by atoms with van der Waals surface area (Å²) in [4.78, 5) is 16.4. The van der Waals surface area contributed by atoms with E-state index in [4.69, 9.17) is 0 Å². The fourth-order valence-electron chi connectivity index (χ4n) is 3.60. The zero-order chi connectivity index (χ0) is 21.7. The Kier molecular flexibility index (Phi) is 6.78. The van der Waals surface area contributed by atoms with Crippen LogP contribution in [-0.2, 0) is 0 Å². The summed E-state index contributed by atoms with van der Waals surface area (Å²) in [5.74, 6) is 0.0620. The van der Waals surface area contributed by atoms with Crippen LogP contribution in [0.1, 0.15) is 39.9 Å². The van der Waals surface area contributed by atoms with Crippen LogP contribution in [0.3, 0.4) is 0 Å². The molecule has 3 aromatic carbocycles. The standard InChI is InChI=1S/C26H31N3O/c1-6-27-26(30)22-9-7-19(8-10-22)25(20-11-15-23(16-12-20)28(2)3)21-13-17-24(18-14-21)29(4)5/h7-18,25H,6H2,1-5H3,(H,27,30). The number of benzene rings is 3. The molecule has 0 unspecified atom stereocenters. The van der Waals surface area contributed by atoms with E-state index in [9.17, 15) is 4.79 Å². The first-order chi connectivity index (χ1) is 14.4. The molecular formula is C26H31N3O. The third kappa shape index (κ3) is 4.82. The number of hydrogen-bond donors (Lipinski definition) is 1. The first-order valence-corrected chi connectivity index (χ1v) is 10.3. The molecule has 156 valence electrons. The lowest BCUT2D eigenvalue weighted by Gasteiger charge is -2.22. The third-order valence-electron chi connectivity index (χ3n) is 5.33. The minimum absolute atomic E-state index is 0.0359. The summed E-state index contributed by atoms with van der Waals surface area (Å²) < 4.78 is 0. The zero-order valence-corrected chi connectivity index (χ0v) is 18.5. The van der Waals surface area contributed by atoms with Crippen LogP contribution in [0.4, 0.5) is 11.4 Å². The van der Waals surface area contributed by atoms with Gasteiger partial charge in [0.15, 0.2) is 0 Å². The van der Waals surface area contributed by atoms with Crippen molar-refractivity contribution in [1.82, 2.24) is 5.32 Å². The monoisotopic (exact) mass is 401 g/mol. The van der Waals surface area contributed by atoms with Gasteiger partial charge in [-0.15, -0.1) is 0 Å². The van der Waals surface area contributed by atoms with E-state index in [2.05, 4.69) is 75.8 Å². The smallest absolute Gasteiger partial charge is 0.251 e. The summed E-state index contributed by atoms with van der Waals surface area (Å²) in [5.41, 5.74) is 6.65. The number of rotatable bonds is 7. The molecule has 0 atom stereocenters. The molecule has 0 radical (unpaired) electrons. The van der Waals surface area contributed by atoms with Gasteiger partial charge in [-0.25, -0.2) is 0 Å². The van der Waals surface area contributed by atoms with Gasteiger partial charge in [-0.1, -0.05) is 36.4 Å². The van der Waals surface area contributed by atoms with Gasteiger partial charge in [0, 0.05) is 57.6 Å². The Morgan fingerprint density at radius 3 is 1.40 bits per heavy atom. The average molecular weight is 402 g/mol. The van der Waals surface area contributed by atoms with E-state index < -0.39 is 0 Å². The maximum atomic E-state index is 12.1. The highest BCUT2D eigenvalue weighted by atomic mass is 16.1. The summed E-state index contributed by atoms with van der Waals surface area (Å²) in [5, 5.41) is 2.86. The van der Waals surface area contributed by atoms with Crippen molar-refractivity contribution in [2.75, 3.05) is 44.5 Å². The topological polar surface area (TPSA) is 35.6 Å². The highest BCUT2D eigenvalue weighted by molar-refractivity contribution is 5.94. The summed E-state index contributed by atoms with van der Waals surface area (Å²) >= 11 is 0. The van der Waals surface area contributed by atoms with E-state index >= 15 is 0 Å². The summed E-state index contributed by atoms with van der Waals surface area (Å²) in [7, 11) is 8.19. The molecule has 3 aromatic rings. The van der Waals surface area contributed by atoms with Crippen molar-refractivity contribution in [3.05, 3.63) is 95.1 Å². The Morgan fingerprint density at radius 2 is 1.07 bits per heavy atom. The molecule has 0 bridgehead atoms. The Morgan fingerprint density at radius 1 is 0.700 bits per heavy atom. The van der Waals surface area contributed by atoms with Crippen LogP contribution in [0.5, 0.6) is 0 Å². The molecule has 0 aliphatic rings. The van der Waals surface area contributed by atoms with Gasteiger partial charge < -0.3 is 15.1 Å². The van der Waals surface area contributed by atoms with E-state index in [0.717, 1.165) is 0 Å². The van der Waals surface area contributed by atoms with Gasteiger partial charge in [-0.3, -0.25) is 4.79 Å². The second-order valence-electron chi connectivity index (χ2n) is 7.89.